The maximum Gasteiger partial charge on any atom is 0.328 e. The summed E-state index contributed by atoms with van der Waals surface area (Å²) < 4.78 is 30.3. The molecule has 0 fully saturated rings. The number of benzene rings is 4. The third-order valence-electron chi connectivity index (χ3n) is 5.82. The average Bonchev–Trinajstić information content (AvgIpc) is 2.96. The second-order valence-corrected chi connectivity index (χ2v) is 8.59. The summed E-state index contributed by atoms with van der Waals surface area (Å²) in [5, 5.41) is 2.68. The fraction of sp³-hybridized carbons (Fsp3) is 0.161. The average molecular weight is 514 g/mol. The summed E-state index contributed by atoms with van der Waals surface area (Å²) in [6, 6.07) is 29.0. The van der Waals surface area contributed by atoms with E-state index in [9.17, 15) is 14.0 Å². The normalized spacial score (nSPS) is 11.3. The predicted octanol–water partition coefficient (Wildman–Crippen LogP) is 5.50. The van der Waals surface area contributed by atoms with E-state index < -0.39 is 23.7 Å². The van der Waals surface area contributed by atoms with Gasteiger partial charge in [0.1, 0.15) is 25.1 Å². The molecule has 6 nitrogen and oxygen atoms in total. The minimum atomic E-state index is -0.962. The van der Waals surface area contributed by atoms with Crippen molar-refractivity contribution in [2.45, 2.75) is 25.7 Å². The van der Waals surface area contributed by atoms with Crippen LogP contribution in [0.25, 0.3) is 0 Å². The number of nitrogens with one attached hydrogen (secondary N) is 1. The third kappa shape index (κ3) is 7.43. The van der Waals surface area contributed by atoms with E-state index in [0.717, 1.165) is 16.7 Å². The standard InChI is InChI=1S/C31H28FNO5/c1-36-31(35)27(33-30(34)25-13-15-26(32)16-14-25)18-24-12-17-28(37-20-22-8-4-2-5-9-22)29(19-24)38-21-23-10-6-3-7-11-23/h2-17,19,27H,18,20-21H2,1H3,(H,33,34)/t27-/m1/s1. The molecule has 194 valence electrons. The first kappa shape index (κ1) is 26.4. The molecule has 0 aromatic heterocycles. The number of carbonyl (C=O) groups excluding carboxylic acids is 2. The van der Waals surface area contributed by atoms with Crippen LogP contribution in [0.3, 0.4) is 0 Å². The van der Waals surface area contributed by atoms with Crippen molar-refractivity contribution in [2.75, 3.05) is 7.11 Å². The van der Waals surface area contributed by atoms with E-state index in [0.29, 0.717) is 24.7 Å². The molecule has 7 heteroatoms. The van der Waals surface area contributed by atoms with E-state index in [1.807, 2.05) is 66.7 Å². The summed E-state index contributed by atoms with van der Waals surface area (Å²) in [4.78, 5) is 25.2. The number of esters is 1. The molecule has 1 N–H and O–H groups in total. The minimum Gasteiger partial charge on any atom is -0.485 e. The third-order valence-corrected chi connectivity index (χ3v) is 5.82. The van der Waals surface area contributed by atoms with Gasteiger partial charge in [-0.3, -0.25) is 4.79 Å². The molecule has 1 amide bonds. The van der Waals surface area contributed by atoms with Crippen molar-refractivity contribution >= 4 is 11.9 Å². The molecule has 1 atom stereocenters. The molecule has 0 aliphatic rings. The summed E-state index contributed by atoms with van der Waals surface area (Å²) in [5.74, 6) is -0.502. The van der Waals surface area contributed by atoms with Gasteiger partial charge in [0.25, 0.3) is 5.91 Å². The van der Waals surface area contributed by atoms with Crippen LogP contribution in [-0.4, -0.2) is 25.0 Å². The molecule has 0 bridgehead atoms. The number of carbonyl (C=O) groups is 2. The number of halogens is 1. The second-order valence-electron chi connectivity index (χ2n) is 8.59. The van der Waals surface area contributed by atoms with Crippen molar-refractivity contribution in [2.24, 2.45) is 0 Å². The predicted molar refractivity (Wildman–Crippen MR) is 141 cm³/mol. The highest BCUT2D eigenvalue weighted by Gasteiger charge is 2.23. The number of amides is 1. The molecule has 0 unspecified atom stereocenters. The molecule has 0 saturated heterocycles. The van der Waals surface area contributed by atoms with Gasteiger partial charge in [-0.2, -0.15) is 0 Å². The van der Waals surface area contributed by atoms with E-state index in [4.69, 9.17) is 14.2 Å². The minimum absolute atomic E-state index is 0.153. The van der Waals surface area contributed by atoms with E-state index in [1.165, 1.54) is 31.4 Å². The summed E-state index contributed by atoms with van der Waals surface area (Å²) >= 11 is 0. The van der Waals surface area contributed by atoms with Crippen LogP contribution in [0.1, 0.15) is 27.0 Å². The van der Waals surface area contributed by atoms with E-state index in [1.54, 1.807) is 12.1 Å². The molecule has 4 aromatic rings. The van der Waals surface area contributed by atoms with E-state index in [-0.39, 0.29) is 12.0 Å². The van der Waals surface area contributed by atoms with Gasteiger partial charge in [-0.05, 0) is 53.1 Å². The number of hydrogen-bond acceptors (Lipinski definition) is 5. The van der Waals surface area contributed by atoms with Gasteiger partial charge < -0.3 is 19.5 Å². The van der Waals surface area contributed by atoms with Crippen LogP contribution in [0, 0.1) is 5.82 Å². The Bertz CT molecular complexity index is 1340. The number of rotatable bonds is 11. The lowest BCUT2D eigenvalue weighted by molar-refractivity contribution is -0.142. The van der Waals surface area contributed by atoms with Crippen molar-refractivity contribution in [1.29, 1.82) is 0 Å². The van der Waals surface area contributed by atoms with Gasteiger partial charge in [-0.1, -0.05) is 66.7 Å². The molecular weight excluding hydrogens is 485 g/mol. The molecule has 0 aliphatic carbocycles. The summed E-state index contributed by atoms with van der Waals surface area (Å²) in [6.07, 6.45) is 0.153. The Balaban J connectivity index is 1.53. The number of hydrogen-bond donors (Lipinski definition) is 1. The van der Waals surface area contributed by atoms with Crippen LogP contribution >= 0.6 is 0 Å². The highest BCUT2D eigenvalue weighted by Crippen LogP contribution is 2.31. The SMILES string of the molecule is COC(=O)[C@@H](Cc1ccc(OCc2ccccc2)c(OCc2ccccc2)c1)NC(=O)c1ccc(F)cc1. The molecule has 0 aliphatic heterocycles. The Kier molecular flexibility index (Phi) is 9.07. The zero-order valence-electron chi connectivity index (χ0n) is 20.9. The van der Waals surface area contributed by atoms with Crippen LogP contribution in [-0.2, 0) is 29.2 Å². The van der Waals surface area contributed by atoms with Crippen LogP contribution in [0.5, 0.6) is 11.5 Å². The lowest BCUT2D eigenvalue weighted by Crippen LogP contribution is -2.43. The molecule has 0 saturated carbocycles. The van der Waals surface area contributed by atoms with Gasteiger partial charge in [-0.15, -0.1) is 0 Å². The Hall–Kier alpha value is -4.65. The fourth-order valence-electron chi connectivity index (χ4n) is 3.80. The van der Waals surface area contributed by atoms with Crippen LogP contribution < -0.4 is 14.8 Å². The summed E-state index contributed by atoms with van der Waals surface area (Å²) in [5.41, 5.74) is 2.97. The van der Waals surface area contributed by atoms with Crippen molar-refractivity contribution in [1.82, 2.24) is 5.32 Å². The highest BCUT2D eigenvalue weighted by molar-refractivity contribution is 5.96. The lowest BCUT2D eigenvalue weighted by atomic mass is 10.0. The molecule has 0 heterocycles. The zero-order valence-corrected chi connectivity index (χ0v) is 20.9. The maximum atomic E-state index is 13.2. The fourth-order valence-corrected chi connectivity index (χ4v) is 3.80. The quantitative estimate of drug-likeness (QED) is 0.268. The Morgan fingerprint density at radius 1 is 0.737 bits per heavy atom. The molecule has 0 spiro atoms. The first-order chi connectivity index (χ1) is 18.5. The smallest absolute Gasteiger partial charge is 0.328 e. The van der Waals surface area contributed by atoms with Gasteiger partial charge in [0.2, 0.25) is 0 Å². The van der Waals surface area contributed by atoms with Crippen molar-refractivity contribution in [3.63, 3.8) is 0 Å². The van der Waals surface area contributed by atoms with Gasteiger partial charge in [-0.25, -0.2) is 9.18 Å². The van der Waals surface area contributed by atoms with Crippen LogP contribution in [0.2, 0.25) is 0 Å². The first-order valence-electron chi connectivity index (χ1n) is 12.1. The van der Waals surface area contributed by atoms with Gasteiger partial charge in [0.15, 0.2) is 11.5 Å². The zero-order chi connectivity index (χ0) is 26.7. The molecular formula is C31H28FNO5. The lowest BCUT2D eigenvalue weighted by Gasteiger charge is -2.19. The van der Waals surface area contributed by atoms with Gasteiger partial charge >= 0.3 is 5.97 Å². The van der Waals surface area contributed by atoms with Crippen molar-refractivity contribution in [3.05, 3.63) is 131 Å². The van der Waals surface area contributed by atoms with Gasteiger partial charge in [0, 0.05) is 12.0 Å². The molecule has 4 rings (SSSR count). The summed E-state index contributed by atoms with van der Waals surface area (Å²) in [7, 11) is 1.26. The topological polar surface area (TPSA) is 73.9 Å². The van der Waals surface area contributed by atoms with E-state index >= 15 is 0 Å². The van der Waals surface area contributed by atoms with Crippen molar-refractivity contribution in [3.8, 4) is 11.5 Å². The Morgan fingerprint density at radius 3 is 1.89 bits per heavy atom. The van der Waals surface area contributed by atoms with Crippen molar-refractivity contribution < 1.29 is 28.2 Å². The summed E-state index contributed by atoms with van der Waals surface area (Å²) in [6.45, 7) is 0.689. The Labute approximate surface area is 221 Å². The monoisotopic (exact) mass is 513 g/mol. The maximum absolute atomic E-state index is 13.2. The molecule has 4 aromatic carbocycles. The van der Waals surface area contributed by atoms with E-state index in [2.05, 4.69) is 5.32 Å². The van der Waals surface area contributed by atoms with Gasteiger partial charge in [0.05, 0.1) is 7.11 Å². The number of ether oxygens (including phenoxy) is 3. The first-order valence-corrected chi connectivity index (χ1v) is 12.1. The highest BCUT2D eigenvalue weighted by atomic mass is 19.1. The Morgan fingerprint density at radius 2 is 1.32 bits per heavy atom. The largest absolute Gasteiger partial charge is 0.485 e. The second kappa shape index (κ2) is 13.1. The molecule has 38 heavy (non-hydrogen) atoms. The molecule has 0 radical (unpaired) electrons. The number of methoxy groups -OCH3 is 1. The van der Waals surface area contributed by atoms with Crippen LogP contribution in [0.15, 0.2) is 103 Å². The van der Waals surface area contributed by atoms with Crippen LogP contribution in [0.4, 0.5) is 4.39 Å².